The molecule has 0 amide bonds. The van der Waals surface area contributed by atoms with E-state index in [4.69, 9.17) is 4.74 Å². The smallest absolute Gasteiger partial charge is 0.306 e. The summed E-state index contributed by atoms with van der Waals surface area (Å²) in [7, 11) is 0. The number of ether oxygens (including phenoxy) is 1. The van der Waals surface area contributed by atoms with Crippen molar-refractivity contribution in [2.24, 2.45) is 5.92 Å². The first-order valence-electron chi connectivity index (χ1n) is 6.29. The van der Waals surface area contributed by atoms with E-state index in [1.807, 2.05) is 6.92 Å². The average molecular weight is 214 g/mol. The Balaban J connectivity index is 3.67. The molecule has 90 valence electrons. The van der Waals surface area contributed by atoms with E-state index in [-0.39, 0.29) is 12.1 Å². The molecule has 0 radical (unpaired) electrons. The summed E-state index contributed by atoms with van der Waals surface area (Å²) in [6.45, 7) is 8.54. The Morgan fingerprint density at radius 2 is 1.87 bits per heavy atom. The Morgan fingerprint density at radius 3 is 2.33 bits per heavy atom. The van der Waals surface area contributed by atoms with Crippen LogP contribution in [-0.2, 0) is 9.53 Å². The first kappa shape index (κ1) is 14.5. The molecule has 0 fully saturated rings. The van der Waals surface area contributed by atoms with Crippen molar-refractivity contribution in [1.29, 1.82) is 0 Å². The van der Waals surface area contributed by atoms with Crippen LogP contribution in [0.3, 0.4) is 0 Å². The number of carbonyl (C=O) groups is 1. The molecule has 0 aromatic rings. The highest BCUT2D eigenvalue weighted by atomic mass is 16.5. The summed E-state index contributed by atoms with van der Waals surface area (Å²) in [5.74, 6) is 0.711. The van der Waals surface area contributed by atoms with Crippen LogP contribution < -0.4 is 0 Å². The van der Waals surface area contributed by atoms with Gasteiger partial charge in [-0.3, -0.25) is 4.79 Å². The highest BCUT2D eigenvalue weighted by molar-refractivity contribution is 5.69. The van der Waals surface area contributed by atoms with Crippen molar-refractivity contribution in [2.45, 2.75) is 72.3 Å². The molecule has 1 atom stereocenters. The SMILES string of the molecule is CCCC(=O)OC(CC)CCCC(C)C. The van der Waals surface area contributed by atoms with Crippen LogP contribution in [0.4, 0.5) is 0 Å². The van der Waals surface area contributed by atoms with Crippen LogP contribution in [-0.4, -0.2) is 12.1 Å². The van der Waals surface area contributed by atoms with E-state index in [1.54, 1.807) is 0 Å². The average Bonchev–Trinajstić information content (AvgIpc) is 2.16. The zero-order chi connectivity index (χ0) is 11.7. The Labute approximate surface area is 94.4 Å². The predicted molar refractivity (Wildman–Crippen MR) is 63.8 cm³/mol. The topological polar surface area (TPSA) is 26.3 Å². The van der Waals surface area contributed by atoms with Gasteiger partial charge in [-0.1, -0.05) is 34.1 Å². The van der Waals surface area contributed by atoms with E-state index in [0.29, 0.717) is 6.42 Å². The normalized spacial score (nSPS) is 12.9. The fraction of sp³-hybridized carbons (Fsp3) is 0.923. The number of carbonyl (C=O) groups excluding carboxylic acids is 1. The molecule has 0 rings (SSSR count). The van der Waals surface area contributed by atoms with Crippen molar-refractivity contribution in [3.8, 4) is 0 Å². The molecule has 2 nitrogen and oxygen atoms in total. The molecule has 0 aliphatic carbocycles. The van der Waals surface area contributed by atoms with Crippen molar-refractivity contribution >= 4 is 5.97 Å². The van der Waals surface area contributed by atoms with Crippen LogP contribution in [0.2, 0.25) is 0 Å². The zero-order valence-electron chi connectivity index (χ0n) is 10.7. The van der Waals surface area contributed by atoms with Crippen LogP contribution in [0.1, 0.15) is 66.2 Å². The molecule has 0 aromatic carbocycles. The number of rotatable bonds is 8. The molecule has 0 aliphatic heterocycles. The monoisotopic (exact) mass is 214 g/mol. The lowest BCUT2D eigenvalue weighted by molar-refractivity contribution is -0.149. The minimum absolute atomic E-state index is 0.0334. The quantitative estimate of drug-likeness (QED) is 0.572. The van der Waals surface area contributed by atoms with E-state index in [0.717, 1.165) is 31.6 Å². The minimum Gasteiger partial charge on any atom is -0.462 e. The molecule has 0 aromatic heterocycles. The molecular formula is C13H26O2. The number of hydrogen-bond acceptors (Lipinski definition) is 2. The summed E-state index contributed by atoms with van der Waals surface area (Å²) in [6, 6.07) is 0. The van der Waals surface area contributed by atoms with Crippen molar-refractivity contribution < 1.29 is 9.53 Å². The summed E-state index contributed by atoms with van der Waals surface area (Å²) in [5.41, 5.74) is 0. The van der Waals surface area contributed by atoms with Crippen molar-refractivity contribution in [3.05, 3.63) is 0 Å². The molecule has 1 unspecified atom stereocenters. The van der Waals surface area contributed by atoms with E-state index in [9.17, 15) is 4.79 Å². The molecule has 0 bridgehead atoms. The van der Waals surface area contributed by atoms with E-state index in [1.165, 1.54) is 6.42 Å². The van der Waals surface area contributed by atoms with Crippen molar-refractivity contribution in [1.82, 2.24) is 0 Å². The summed E-state index contributed by atoms with van der Waals surface area (Å²) in [5, 5.41) is 0. The largest absolute Gasteiger partial charge is 0.462 e. The Kier molecular flexibility index (Phi) is 8.44. The highest BCUT2D eigenvalue weighted by Gasteiger charge is 2.11. The first-order chi connectivity index (χ1) is 7.10. The highest BCUT2D eigenvalue weighted by Crippen LogP contribution is 2.13. The Bertz CT molecular complexity index is 164. The molecule has 0 aliphatic rings. The summed E-state index contributed by atoms with van der Waals surface area (Å²) in [4.78, 5) is 11.3. The molecule has 0 heterocycles. The van der Waals surface area contributed by atoms with E-state index < -0.39 is 0 Å². The molecule has 2 heteroatoms. The van der Waals surface area contributed by atoms with Crippen molar-refractivity contribution in [3.63, 3.8) is 0 Å². The van der Waals surface area contributed by atoms with Gasteiger partial charge in [0.05, 0.1) is 0 Å². The fourth-order valence-corrected chi connectivity index (χ4v) is 1.55. The van der Waals surface area contributed by atoms with Crippen LogP contribution in [0.5, 0.6) is 0 Å². The predicted octanol–water partition coefficient (Wildman–Crippen LogP) is 3.93. The first-order valence-corrected chi connectivity index (χ1v) is 6.29. The third-order valence-corrected chi connectivity index (χ3v) is 2.52. The molecule has 0 saturated carbocycles. The van der Waals surface area contributed by atoms with Crippen LogP contribution >= 0.6 is 0 Å². The van der Waals surface area contributed by atoms with Crippen LogP contribution in [0, 0.1) is 5.92 Å². The van der Waals surface area contributed by atoms with Gasteiger partial charge in [0.25, 0.3) is 0 Å². The van der Waals surface area contributed by atoms with Gasteiger partial charge in [-0.15, -0.1) is 0 Å². The molecule has 0 saturated heterocycles. The number of hydrogen-bond donors (Lipinski definition) is 0. The standard InChI is InChI=1S/C13H26O2/c1-5-8-13(14)15-12(6-2)10-7-9-11(3)4/h11-12H,5-10H2,1-4H3. The molecule has 0 N–H and O–H groups in total. The second-order valence-electron chi connectivity index (χ2n) is 4.59. The third kappa shape index (κ3) is 8.46. The minimum atomic E-state index is -0.0334. The van der Waals surface area contributed by atoms with Gasteiger partial charge in [0.15, 0.2) is 0 Å². The summed E-state index contributed by atoms with van der Waals surface area (Å²) >= 11 is 0. The summed E-state index contributed by atoms with van der Waals surface area (Å²) in [6.07, 6.45) is 5.92. The lowest BCUT2D eigenvalue weighted by Gasteiger charge is -2.16. The second-order valence-corrected chi connectivity index (χ2v) is 4.59. The fourth-order valence-electron chi connectivity index (χ4n) is 1.55. The van der Waals surface area contributed by atoms with Gasteiger partial charge in [-0.25, -0.2) is 0 Å². The van der Waals surface area contributed by atoms with Gasteiger partial charge in [-0.2, -0.15) is 0 Å². The van der Waals surface area contributed by atoms with Crippen molar-refractivity contribution in [2.75, 3.05) is 0 Å². The third-order valence-electron chi connectivity index (χ3n) is 2.52. The number of esters is 1. The van der Waals surface area contributed by atoms with Gasteiger partial charge in [0.1, 0.15) is 6.10 Å². The lowest BCUT2D eigenvalue weighted by Crippen LogP contribution is -2.17. The van der Waals surface area contributed by atoms with Gasteiger partial charge in [0.2, 0.25) is 0 Å². The Hall–Kier alpha value is -0.530. The van der Waals surface area contributed by atoms with E-state index >= 15 is 0 Å². The van der Waals surface area contributed by atoms with Crippen LogP contribution in [0.15, 0.2) is 0 Å². The molecule has 0 spiro atoms. The maximum atomic E-state index is 11.3. The van der Waals surface area contributed by atoms with Crippen LogP contribution in [0.25, 0.3) is 0 Å². The maximum absolute atomic E-state index is 11.3. The lowest BCUT2D eigenvalue weighted by atomic mass is 10.0. The molecular weight excluding hydrogens is 188 g/mol. The maximum Gasteiger partial charge on any atom is 0.306 e. The Morgan fingerprint density at radius 1 is 1.20 bits per heavy atom. The zero-order valence-corrected chi connectivity index (χ0v) is 10.7. The van der Waals surface area contributed by atoms with Gasteiger partial charge < -0.3 is 4.74 Å². The van der Waals surface area contributed by atoms with E-state index in [2.05, 4.69) is 20.8 Å². The second kappa shape index (κ2) is 8.75. The van der Waals surface area contributed by atoms with Gasteiger partial charge in [-0.05, 0) is 31.6 Å². The summed E-state index contributed by atoms with van der Waals surface area (Å²) < 4.78 is 5.38. The van der Waals surface area contributed by atoms with Gasteiger partial charge in [0, 0.05) is 6.42 Å². The van der Waals surface area contributed by atoms with Gasteiger partial charge >= 0.3 is 5.97 Å². The molecule has 15 heavy (non-hydrogen) atoms.